The number of nitrogens with zero attached hydrogens (tertiary/aromatic N) is 1. The van der Waals surface area contributed by atoms with E-state index < -0.39 is 0 Å². The maximum atomic E-state index is 5.38. The zero-order valence-electron chi connectivity index (χ0n) is 10.3. The summed E-state index contributed by atoms with van der Waals surface area (Å²) >= 11 is 2.17. The fourth-order valence-electron chi connectivity index (χ4n) is 2.50. The van der Waals surface area contributed by atoms with Crippen LogP contribution in [-0.4, -0.2) is 61.8 Å². The first kappa shape index (κ1) is 12.7. The Morgan fingerprint density at radius 2 is 2.12 bits per heavy atom. The molecule has 94 valence electrons. The second-order valence-corrected chi connectivity index (χ2v) is 6.18. The molecule has 2 aliphatic heterocycles. The minimum atomic E-state index is 0.490. The predicted octanol–water partition coefficient (Wildman–Crippen LogP) is 1.19. The molecule has 16 heavy (non-hydrogen) atoms. The highest BCUT2D eigenvalue weighted by Crippen LogP contribution is 2.21. The molecule has 2 rings (SSSR count). The first-order valence-corrected chi connectivity index (χ1v) is 7.51. The van der Waals surface area contributed by atoms with Crippen molar-refractivity contribution in [3.05, 3.63) is 0 Å². The van der Waals surface area contributed by atoms with E-state index >= 15 is 0 Å². The van der Waals surface area contributed by atoms with Crippen LogP contribution in [0.2, 0.25) is 0 Å². The molecule has 4 heteroatoms. The summed E-state index contributed by atoms with van der Waals surface area (Å²) in [5.41, 5.74) is 0. The predicted molar refractivity (Wildman–Crippen MR) is 70.2 cm³/mol. The van der Waals surface area contributed by atoms with Crippen LogP contribution in [0, 0.1) is 0 Å². The smallest absolute Gasteiger partial charge is 0.0710 e. The van der Waals surface area contributed by atoms with E-state index in [0.29, 0.717) is 6.10 Å². The molecule has 0 aromatic carbocycles. The third-order valence-electron chi connectivity index (χ3n) is 3.61. The van der Waals surface area contributed by atoms with Crippen LogP contribution in [0.5, 0.6) is 0 Å². The van der Waals surface area contributed by atoms with Crippen molar-refractivity contribution in [3.63, 3.8) is 0 Å². The highest BCUT2D eigenvalue weighted by molar-refractivity contribution is 7.99. The molecule has 0 spiro atoms. The number of likely N-dealkylation sites (tertiary alicyclic amines) is 1. The van der Waals surface area contributed by atoms with Crippen LogP contribution in [0.15, 0.2) is 0 Å². The largest absolute Gasteiger partial charge is 0.380 e. The number of piperidine rings is 1. The summed E-state index contributed by atoms with van der Waals surface area (Å²) < 4.78 is 5.38. The first-order chi connectivity index (χ1) is 7.88. The Balaban J connectivity index is 1.54. The van der Waals surface area contributed by atoms with Crippen molar-refractivity contribution in [3.8, 4) is 0 Å². The second kappa shape index (κ2) is 6.84. The van der Waals surface area contributed by atoms with Crippen LogP contribution in [0.4, 0.5) is 0 Å². The Morgan fingerprint density at radius 3 is 2.81 bits per heavy atom. The maximum Gasteiger partial charge on any atom is 0.0710 e. The number of rotatable bonds is 5. The molecule has 2 aliphatic rings. The number of hydrogen-bond acceptors (Lipinski definition) is 4. The fraction of sp³-hybridized carbons (Fsp3) is 1.00. The summed E-state index contributed by atoms with van der Waals surface area (Å²) in [5.74, 6) is 1.29. The van der Waals surface area contributed by atoms with Crippen LogP contribution >= 0.6 is 11.8 Å². The lowest BCUT2D eigenvalue weighted by Gasteiger charge is -2.23. The summed E-state index contributed by atoms with van der Waals surface area (Å²) in [6.07, 6.45) is 4.41. The standard InChI is InChI=1S/C12H24N2OS/c1-15-11-4-7-14(10-11)8-9-16-12-2-5-13-6-3-12/h11-13H,2-10H2,1H3. The van der Waals surface area contributed by atoms with Gasteiger partial charge < -0.3 is 10.1 Å². The highest BCUT2D eigenvalue weighted by atomic mass is 32.2. The number of nitrogens with one attached hydrogen (secondary N) is 1. The molecule has 2 saturated heterocycles. The number of methoxy groups -OCH3 is 1. The van der Waals surface area contributed by atoms with Crippen molar-refractivity contribution in [1.29, 1.82) is 0 Å². The molecular weight excluding hydrogens is 220 g/mol. The van der Waals surface area contributed by atoms with E-state index in [0.717, 1.165) is 11.8 Å². The van der Waals surface area contributed by atoms with Gasteiger partial charge in [0, 0.05) is 37.7 Å². The van der Waals surface area contributed by atoms with Gasteiger partial charge in [0.25, 0.3) is 0 Å². The van der Waals surface area contributed by atoms with Gasteiger partial charge in [0.15, 0.2) is 0 Å². The van der Waals surface area contributed by atoms with Gasteiger partial charge in [-0.25, -0.2) is 0 Å². The van der Waals surface area contributed by atoms with Crippen molar-refractivity contribution >= 4 is 11.8 Å². The van der Waals surface area contributed by atoms with Crippen LogP contribution in [0.3, 0.4) is 0 Å². The Bertz CT molecular complexity index is 197. The van der Waals surface area contributed by atoms with E-state index in [4.69, 9.17) is 4.74 Å². The number of thioether (sulfide) groups is 1. The van der Waals surface area contributed by atoms with Crippen molar-refractivity contribution in [2.45, 2.75) is 30.6 Å². The summed E-state index contributed by atoms with van der Waals surface area (Å²) in [6, 6.07) is 0. The first-order valence-electron chi connectivity index (χ1n) is 6.46. The molecule has 0 amide bonds. The normalized spacial score (nSPS) is 28.7. The average molecular weight is 244 g/mol. The lowest BCUT2D eigenvalue weighted by molar-refractivity contribution is 0.109. The third-order valence-corrected chi connectivity index (χ3v) is 4.97. The molecule has 0 aliphatic carbocycles. The van der Waals surface area contributed by atoms with E-state index in [1.807, 2.05) is 7.11 Å². The SMILES string of the molecule is COC1CCN(CCSC2CCNCC2)C1. The number of hydrogen-bond donors (Lipinski definition) is 1. The van der Waals surface area contributed by atoms with Gasteiger partial charge in [0.1, 0.15) is 0 Å². The van der Waals surface area contributed by atoms with Gasteiger partial charge in [-0.3, -0.25) is 4.90 Å². The van der Waals surface area contributed by atoms with Gasteiger partial charge in [0.05, 0.1) is 6.10 Å². The van der Waals surface area contributed by atoms with Gasteiger partial charge >= 0.3 is 0 Å². The molecular formula is C12H24N2OS. The van der Waals surface area contributed by atoms with E-state index in [-0.39, 0.29) is 0 Å². The van der Waals surface area contributed by atoms with Crippen LogP contribution in [0.25, 0.3) is 0 Å². The van der Waals surface area contributed by atoms with Gasteiger partial charge in [0.2, 0.25) is 0 Å². The molecule has 2 heterocycles. The Hall–Kier alpha value is 0.230. The molecule has 0 radical (unpaired) electrons. The van der Waals surface area contributed by atoms with E-state index in [1.54, 1.807) is 0 Å². The Morgan fingerprint density at radius 1 is 1.31 bits per heavy atom. The lowest BCUT2D eigenvalue weighted by atomic mass is 10.2. The topological polar surface area (TPSA) is 24.5 Å². The van der Waals surface area contributed by atoms with Gasteiger partial charge in [-0.15, -0.1) is 0 Å². The molecule has 0 aromatic heterocycles. The molecule has 3 nitrogen and oxygen atoms in total. The number of ether oxygens (including phenoxy) is 1. The molecule has 0 aromatic rings. The molecule has 0 bridgehead atoms. The zero-order valence-corrected chi connectivity index (χ0v) is 11.1. The fourth-order valence-corrected chi connectivity index (χ4v) is 3.77. The Labute approximate surface area is 103 Å². The quantitative estimate of drug-likeness (QED) is 0.785. The zero-order chi connectivity index (χ0) is 11.2. The minimum absolute atomic E-state index is 0.490. The van der Waals surface area contributed by atoms with Gasteiger partial charge in [-0.05, 0) is 32.4 Å². The average Bonchev–Trinajstić information content (AvgIpc) is 2.78. The molecule has 1 unspecified atom stereocenters. The monoisotopic (exact) mass is 244 g/mol. The summed E-state index contributed by atoms with van der Waals surface area (Å²) in [4.78, 5) is 2.54. The maximum absolute atomic E-state index is 5.38. The molecule has 0 saturated carbocycles. The summed E-state index contributed by atoms with van der Waals surface area (Å²) in [6.45, 7) is 6.04. The van der Waals surface area contributed by atoms with Crippen molar-refractivity contribution in [2.24, 2.45) is 0 Å². The highest BCUT2D eigenvalue weighted by Gasteiger charge is 2.21. The van der Waals surface area contributed by atoms with Crippen molar-refractivity contribution in [2.75, 3.05) is 45.6 Å². The van der Waals surface area contributed by atoms with E-state index in [9.17, 15) is 0 Å². The summed E-state index contributed by atoms with van der Waals surface area (Å²) in [5, 5.41) is 4.32. The second-order valence-electron chi connectivity index (χ2n) is 4.77. The van der Waals surface area contributed by atoms with E-state index in [2.05, 4.69) is 22.0 Å². The van der Waals surface area contributed by atoms with Crippen LogP contribution < -0.4 is 5.32 Å². The van der Waals surface area contributed by atoms with Crippen LogP contribution in [0.1, 0.15) is 19.3 Å². The molecule has 1 N–H and O–H groups in total. The minimum Gasteiger partial charge on any atom is -0.380 e. The molecule has 1 atom stereocenters. The third kappa shape index (κ3) is 3.91. The van der Waals surface area contributed by atoms with Gasteiger partial charge in [-0.1, -0.05) is 0 Å². The van der Waals surface area contributed by atoms with Crippen LogP contribution in [-0.2, 0) is 4.74 Å². The van der Waals surface area contributed by atoms with Gasteiger partial charge in [-0.2, -0.15) is 11.8 Å². The lowest BCUT2D eigenvalue weighted by Crippen LogP contribution is -2.30. The van der Waals surface area contributed by atoms with Crippen molar-refractivity contribution in [1.82, 2.24) is 10.2 Å². The van der Waals surface area contributed by atoms with E-state index in [1.165, 1.54) is 51.2 Å². The molecule has 2 fully saturated rings. The summed E-state index contributed by atoms with van der Waals surface area (Å²) in [7, 11) is 1.83. The Kier molecular flexibility index (Phi) is 5.42. The van der Waals surface area contributed by atoms with Crippen molar-refractivity contribution < 1.29 is 4.74 Å².